The van der Waals surface area contributed by atoms with Crippen molar-refractivity contribution in [3.8, 4) is 11.5 Å². The lowest BCUT2D eigenvalue weighted by Crippen LogP contribution is -2.37. The van der Waals surface area contributed by atoms with Gasteiger partial charge in [-0.2, -0.15) is 0 Å². The lowest BCUT2D eigenvalue weighted by molar-refractivity contribution is -0.122. The van der Waals surface area contributed by atoms with Crippen LogP contribution < -0.4 is 15.4 Å². The largest absolute Gasteiger partial charge is 0.457 e. The summed E-state index contributed by atoms with van der Waals surface area (Å²) in [5, 5.41) is 5.49. The Labute approximate surface area is 160 Å². The molecule has 0 atom stereocenters. The number of rotatable bonds is 10. The quantitative estimate of drug-likeness (QED) is 0.674. The number of hydrogen-bond donors (Lipinski definition) is 2. The molecular formula is C21H27N3O3. The second-order valence-corrected chi connectivity index (χ2v) is 6.19. The van der Waals surface area contributed by atoms with Crippen LogP contribution in [-0.4, -0.2) is 43.4 Å². The first kappa shape index (κ1) is 20.5. The Hall–Kier alpha value is -2.86. The SMILES string of the molecule is CCCN(CCC(=O)Nc1ccc(Oc2ccccc2)cc1)CC(=O)NC. The number of carbonyl (C=O) groups excluding carboxylic acids is 2. The van der Waals surface area contributed by atoms with Gasteiger partial charge in [0, 0.05) is 25.7 Å². The summed E-state index contributed by atoms with van der Waals surface area (Å²) in [7, 11) is 1.62. The molecule has 0 aliphatic carbocycles. The van der Waals surface area contributed by atoms with Gasteiger partial charge in [-0.25, -0.2) is 0 Å². The molecule has 0 aliphatic heterocycles. The fourth-order valence-corrected chi connectivity index (χ4v) is 2.58. The van der Waals surface area contributed by atoms with Crippen LogP contribution in [0.15, 0.2) is 54.6 Å². The Morgan fingerprint density at radius 2 is 1.59 bits per heavy atom. The molecule has 2 rings (SSSR count). The predicted molar refractivity (Wildman–Crippen MR) is 107 cm³/mol. The van der Waals surface area contributed by atoms with Gasteiger partial charge in [-0.1, -0.05) is 25.1 Å². The van der Waals surface area contributed by atoms with E-state index in [1.54, 1.807) is 7.05 Å². The maximum atomic E-state index is 12.2. The topological polar surface area (TPSA) is 70.7 Å². The Morgan fingerprint density at radius 1 is 0.926 bits per heavy atom. The summed E-state index contributed by atoms with van der Waals surface area (Å²) in [5.41, 5.74) is 0.716. The van der Waals surface area contributed by atoms with Crippen LogP contribution in [0.4, 0.5) is 5.69 Å². The van der Waals surface area contributed by atoms with Crippen LogP contribution in [-0.2, 0) is 9.59 Å². The first-order valence-corrected chi connectivity index (χ1v) is 9.16. The minimum atomic E-state index is -0.0789. The summed E-state index contributed by atoms with van der Waals surface area (Å²) in [6.07, 6.45) is 1.26. The van der Waals surface area contributed by atoms with Crippen LogP contribution in [0.3, 0.4) is 0 Å². The summed E-state index contributed by atoms with van der Waals surface area (Å²) < 4.78 is 5.73. The van der Waals surface area contributed by atoms with Gasteiger partial charge in [-0.3, -0.25) is 14.5 Å². The van der Waals surface area contributed by atoms with Crippen molar-refractivity contribution in [3.63, 3.8) is 0 Å². The van der Waals surface area contributed by atoms with Gasteiger partial charge in [0.2, 0.25) is 11.8 Å². The average molecular weight is 369 g/mol. The highest BCUT2D eigenvalue weighted by atomic mass is 16.5. The molecule has 6 nitrogen and oxygen atoms in total. The van der Waals surface area contributed by atoms with Gasteiger partial charge in [0.1, 0.15) is 11.5 Å². The molecule has 0 unspecified atom stereocenters. The molecule has 2 N–H and O–H groups in total. The van der Waals surface area contributed by atoms with E-state index in [1.165, 1.54) is 0 Å². The van der Waals surface area contributed by atoms with Gasteiger partial charge in [-0.05, 0) is 49.4 Å². The summed E-state index contributed by atoms with van der Waals surface area (Å²) in [6.45, 7) is 3.69. The molecule has 0 aliphatic rings. The van der Waals surface area contributed by atoms with Gasteiger partial charge < -0.3 is 15.4 Å². The van der Waals surface area contributed by atoms with Gasteiger partial charge in [0.05, 0.1) is 6.54 Å². The molecular weight excluding hydrogens is 342 g/mol. The molecule has 0 saturated heterocycles. The number of hydrogen-bond acceptors (Lipinski definition) is 4. The number of benzene rings is 2. The van der Waals surface area contributed by atoms with Crippen LogP contribution in [0, 0.1) is 0 Å². The first-order valence-electron chi connectivity index (χ1n) is 9.16. The fraction of sp³-hybridized carbons (Fsp3) is 0.333. The second kappa shape index (κ2) is 11.0. The zero-order valence-corrected chi connectivity index (χ0v) is 15.9. The van der Waals surface area contributed by atoms with Crippen LogP contribution in [0.5, 0.6) is 11.5 Å². The lowest BCUT2D eigenvalue weighted by atomic mass is 10.2. The lowest BCUT2D eigenvalue weighted by Gasteiger charge is -2.20. The number of para-hydroxylation sites is 1. The van der Waals surface area contributed by atoms with E-state index in [1.807, 2.05) is 59.5 Å². The molecule has 2 amide bonds. The Bertz CT molecular complexity index is 717. The van der Waals surface area contributed by atoms with Crippen LogP contribution in [0.1, 0.15) is 19.8 Å². The van der Waals surface area contributed by atoms with E-state index in [9.17, 15) is 9.59 Å². The Morgan fingerprint density at radius 3 is 2.22 bits per heavy atom. The highest BCUT2D eigenvalue weighted by Crippen LogP contribution is 2.22. The minimum absolute atomic E-state index is 0.0436. The number of carbonyl (C=O) groups is 2. The number of amides is 2. The monoisotopic (exact) mass is 369 g/mol. The summed E-state index contributed by atoms with van der Waals surface area (Å²) in [6, 6.07) is 16.8. The van der Waals surface area contributed by atoms with Crippen molar-refractivity contribution in [2.45, 2.75) is 19.8 Å². The van der Waals surface area contributed by atoms with Crippen molar-refractivity contribution < 1.29 is 14.3 Å². The van der Waals surface area contributed by atoms with Crippen molar-refractivity contribution in [1.29, 1.82) is 0 Å². The van der Waals surface area contributed by atoms with E-state index in [0.717, 1.165) is 18.7 Å². The summed E-state index contributed by atoms with van der Waals surface area (Å²) in [5.74, 6) is 1.35. The third kappa shape index (κ3) is 7.50. The number of nitrogens with one attached hydrogen (secondary N) is 2. The third-order valence-electron chi connectivity index (χ3n) is 3.96. The maximum absolute atomic E-state index is 12.2. The van der Waals surface area contributed by atoms with E-state index < -0.39 is 0 Å². The molecule has 0 fully saturated rings. The number of likely N-dealkylation sites (N-methyl/N-ethyl adjacent to an activating group) is 1. The van der Waals surface area contributed by atoms with Crippen molar-refractivity contribution in [2.75, 3.05) is 32.0 Å². The summed E-state index contributed by atoms with van der Waals surface area (Å²) in [4.78, 5) is 25.7. The van der Waals surface area contributed by atoms with Crippen molar-refractivity contribution in [3.05, 3.63) is 54.6 Å². The number of anilines is 1. The second-order valence-electron chi connectivity index (χ2n) is 6.19. The molecule has 0 saturated carbocycles. The normalized spacial score (nSPS) is 10.5. The van der Waals surface area contributed by atoms with E-state index in [4.69, 9.17) is 4.74 Å². The van der Waals surface area contributed by atoms with Crippen LogP contribution in [0.25, 0.3) is 0 Å². The molecule has 27 heavy (non-hydrogen) atoms. The first-order chi connectivity index (χ1) is 13.1. The molecule has 2 aromatic rings. The smallest absolute Gasteiger partial charge is 0.233 e. The van der Waals surface area contributed by atoms with Gasteiger partial charge in [-0.15, -0.1) is 0 Å². The molecule has 2 aromatic carbocycles. The number of ether oxygens (including phenoxy) is 1. The average Bonchev–Trinajstić information content (AvgIpc) is 2.68. The van der Waals surface area contributed by atoms with E-state index >= 15 is 0 Å². The van der Waals surface area contributed by atoms with Crippen LogP contribution in [0.2, 0.25) is 0 Å². The minimum Gasteiger partial charge on any atom is -0.457 e. The van der Waals surface area contributed by atoms with Crippen molar-refractivity contribution in [1.82, 2.24) is 10.2 Å². The molecule has 0 bridgehead atoms. The zero-order valence-electron chi connectivity index (χ0n) is 15.9. The maximum Gasteiger partial charge on any atom is 0.233 e. The summed E-state index contributed by atoms with van der Waals surface area (Å²) >= 11 is 0. The zero-order chi connectivity index (χ0) is 19.5. The molecule has 144 valence electrons. The van der Waals surface area contributed by atoms with E-state index in [0.29, 0.717) is 30.9 Å². The predicted octanol–water partition coefficient (Wildman–Crippen LogP) is 3.27. The van der Waals surface area contributed by atoms with E-state index in [2.05, 4.69) is 17.6 Å². The van der Waals surface area contributed by atoms with Gasteiger partial charge >= 0.3 is 0 Å². The Kier molecular flexibility index (Phi) is 8.32. The fourth-order valence-electron chi connectivity index (χ4n) is 2.58. The third-order valence-corrected chi connectivity index (χ3v) is 3.96. The molecule has 0 radical (unpaired) electrons. The number of nitrogens with zero attached hydrogens (tertiary/aromatic N) is 1. The molecule has 6 heteroatoms. The van der Waals surface area contributed by atoms with Crippen LogP contribution >= 0.6 is 0 Å². The van der Waals surface area contributed by atoms with E-state index in [-0.39, 0.29) is 11.8 Å². The highest BCUT2D eigenvalue weighted by Gasteiger charge is 2.11. The van der Waals surface area contributed by atoms with Gasteiger partial charge in [0.15, 0.2) is 0 Å². The van der Waals surface area contributed by atoms with Crippen molar-refractivity contribution >= 4 is 17.5 Å². The van der Waals surface area contributed by atoms with Gasteiger partial charge in [0.25, 0.3) is 0 Å². The Balaban J connectivity index is 1.81. The van der Waals surface area contributed by atoms with Crippen molar-refractivity contribution in [2.24, 2.45) is 0 Å². The highest BCUT2D eigenvalue weighted by molar-refractivity contribution is 5.90. The molecule has 0 heterocycles. The molecule has 0 aromatic heterocycles. The standard InChI is InChI=1S/C21H27N3O3/c1-3-14-24(16-21(26)22-2)15-13-20(25)23-17-9-11-19(12-10-17)27-18-7-5-4-6-8-18/h4-12H,3,13-16H2,1-2H3,(H,22,26)(H,23,25). The molecule has 0 spiro atoms.